The molecule has 0 spiro atoms. The van der Waals surface area contributed by atoms with Crippen LogP contribution in [0.1, 0.15) is 16.2 Å². The number of H-pyrrole nitrogens is 1. The molecule has 21 heavy (non-hydrogen) atoms. The van der Waals surface area contributed by atoms with Crippen LogP contribution in [0.25, 0.3) is 5.57 Å². The molecular weight excluding hydrogens is 276 g/mol. The molecule has 106 valence electrons. The highest BCUT2D eigenvalue weighted by molar-refractivity contribution is 5.96. The number of hydrogen-bond acceptors (Lipinski definition) is 7. The molecule has 0 amide bonds. The number of para-hydroxylation sites is 1. The van der Waals surface area contributed by atoms with Crippen molar-refractivity contribution in [1.29, 1.82) is 5.26 Å². The molecule has 0 saturated heterocycles. The van der Waals surface area contributed by atoms with Gasteiger partial charge in [0.2, 0.25) is 5.82 Å². The molecule has 9 nitrogen and oxygen atoms in total. The molecule has 0 radical (unpaired) electrons. The first kappa shape index (κ1) is 14.0. The van der Waals surface area contributed by atoms with E-state index in [1.807, 2.05) is 6.07 Å². The predicted octanol–water partition coefficient (Wildman–Crippen LogP) is 0.883. The standard InChI is InChI=1S/C12H10N6O3/c1-21-9-4-2-3-8(12(19)20)10(9)14-6-7(5-13)11-15-17-18-16-11/h2-4,6,14H,1H3,(H,19,20)(H,15,16,17,18). The summed E-state index contributed by atoms with van der Waals surface area (Å²) in [7, 11) is 1.42. The molecule has 0 atom stereocenters. The fourth-order valence-electron chi connectivity index (χ4n) is 1.60. The van der Waals surface area contributed by atoms with E-state index in [0.717, 1.165) is 0 Å². The summed E-state index contributed by atoms with van der Waals surface area (Å²) in [6.07, 6.45) is 1.29. The van der Waals surface area contributed by atoms with E-state index in [9.17, 15) is 9.90 Å². The molecule has 0 saturated carbocycles. The number of carboxylic acid groups (broad SMARTS) is 1. The van der Waals surface area contributed by atoms with E-state index >= 15 is 0 Å². The first-order valence-corrected chi connectivity index (χ1v) is 5.68. The van der Waals surface area contributed by atoms with Crippen molar-refractivity contribution in [2.45, 2.75) is 0 Å². The Labute approximate surface area is 118 Å². The summed E-state index contributed by atoms with van der Waals surface area (Å²) in [5.41, 5.74) is 0.325. The van der Waals surface area contributed by atoms with E-state index in [-0.39, 0.29) is 22.6 Å². The van der Waals surface area contributed by atoms with Crippen molar-refractivity contribution in [3.05, 3.63) is 35.8 Å². The Morgan fingerprint density at radius 2 is 2.38 bits per heavy atom. The molecule has 9 heteroatoms. The number of benzene rings is 1. The number of hydrogen-bond donors (Lipinski definition) is 3. The molecule has 0 aliphatic rings. The monoisotopic (exact) mass is 286 g/mol. The number of tetrazole rings is 1. The van der Waals surface area contributed by atoms with Crippen LogP contribution in [0.15, 0.2) is 24.4 Å². The Hall–Kier alpha value is -3.41. The van der Waals surface area contributed by atoms with Gasteiger partial charge >= 0.3 is 5.97 Å². The maximum atomic E-state index is 11.2. The van der Waals surface area contributed by atoms with Gasteiger partial charge in [0.15, 0.2) is 0 Å². The second-order valence-electron chi connectivity index (χ2n) is 3.74. The van der Waals surface area contributed by atoms with Crippen molar-refractivity contribution < 1.29 is 14.6 Å². The number of nitrogens with zero attached hydrogens (tertiary/aromatic N) is 4. The van der Waals surface area contributed by atoms with Gasteiger partial charge in [-0.25, -0.2) is 4.79 Å². The van der Waals surface area contributed by atoms with Crippen LogP contribution in [0, 0.1) is 11.3 Å². The van der Waals surface area contributed by atoms with Gasteiger partial charge in [0.1, 0.15) is 17.4 Å². The van der Waals surface area contributed by atoms with Crippen molar-refractivity contribution >= 4 is 17.2 Å². The quantitative estimate of drug-likeness (QED) is 0.689. The molecule has 2 rings (SSSR count). The SMILES string of the molecule is COc1cccc(C(=O)O)c1NC=C(C#N)c1nn[nH]n1. The second kappa shape index (κ2) is 6.16. The Kier molecular flexibility index (Phi) is 4.11. The van der Waals surface area contributed by atoms with Gasteiger partial charge in [-0.05, 0) is 17.3 Å². The number of nitrogens with one attached hydrogen (secondary N) is 2. The Balaban J connectivity index is 2.39. The van der Waals surface area contributed by atoms with E-state index in [4.69, 9.17) is 10.00 Å². The third-order valence-corrected chi connectivity index (χ3v) is 2.54. The highest BCUT2D eigenvalue weighted by atomic mass is 16.5. The fraction of sp³-hybridized carbons (Fsp3) is 0.0833. The fourth-order valence-corrected chi connectivity index (χ4v) is 1.60. The van der Waals surface area contributed by atoms with Crippen LogP contribution in [0.3, 0.4) is 0 Å². The number of methoxy groups -OCH3 is 1. The first-order valence-electron chi connectivity index (χ1n) is 5.68. The van der Waals surface area contributed by atoms with E-state index in [1.54, 1.807) is 12.1 Å². The summed E-state index contributed by atoms with van der Waals surface area (Å²) in [4.78, 5) is 11.2. The van der Waals surface area contributed by atoms with Crippen molar-refractivity contribution in [3.63, 3.8) is 0 Å². The molecule has 1 heterocycles. The third-order valence-electron chi connectivity index (χ3n) is 2.54. The molecule has 0 unspecified atom stereocenters. The summed E-state index contributed by atoms with van der Waals surface area (Å²) in [5, 5.41) is 33.9. The summed E-state index contributed by atoms with van der Waals surface area (Å²) < 4.78 is 5.11. The maximum absolute atomic E-state index is 11.2. The van der Waals surface area contributed by atoms with Gasteiger partial charge in [-0.3, -0.25) is 0 Å². The van der Waals surface area contributed by atoms with Crippen molar-refractivity contribution in [3.8, 4) is 11.8 Å². The maximum Gasteiger partial charge on any atom is 0.337 e. The predicted molar refractivity (Wildman–Crippen MR) is 71.3 cm³/mol. The van der Waals surface area contributed by atoms with Crippen LogP contribution in [0.4, 0.5) is 5.69 Å². The third kappa shape index (κ3) is 2.95. The largest absolute Gasteiger partial charge is 0.495 e. The lowest BCUT2D eigenvalue weighted by Crippen LogP contribution is -2.04. The van der Waals surface area contributed by atoms with Crippen molar-refractivity contribution in [1.82, 2.24) is 20.6 Å². The van der Waals surface area contributed by atoms with Crippen molar-refractivity contribution in [2.24, 2.45) is 0 Å². The summed E-state index contributed by atoms with van der Waals surface area (Å²) in [5.74, 6) is -0.698. The van der Waals surface area contributed by atoms with Crippen LogP contribution in [-0.2, 0) is 0 Å². The summed E-state index contributed by atoms with van der Waals surface area (Å²) >= 11 is 0. The molecule has 3 N–H and O–H groups in total. The van der Waals surface area contributed by atoms with Crippen LogP contribution in [0.5, 0.6) is 5.75 Å². The van der Waals surface area contributed by atoms with Gasteiger partial charge in [0, 0.05) is 6.20 Å². The minimum atomic E-state index is -1.12. The van der Waals surface area contributed by atoms with E-state index < -0.39 is 5.97 Å². The molecule has 0 fully saturated rings. The zero-order chi connectivity index (χ0) is 15.2. The lowest BCUT2D eigenvalue weighted by Gasteiger charge is -2.11. The van der Waals surface area contributed by atoms with E-state index in [1.165, 1.54) is 19.4 Å². The van der Waals surface area contributed by atoms with E-state index in [2.05, 4.69) is 25.9 Å². The minimum Gasteiger partial charge on any atom is -0.495 e. The number of carbonyl (C=O) groups is 1. The Morgan fingerprint density at radius 1 is 1.57 bits per heavy atom. The Morgan fingerprint density at radius 3 is 2.95 bits per heavy atom. The topological polar surface area (TPSA) is 137 Å². The van der Waals surface area contributed by atoms with Crippen LogP contribution >= 0.6 is 0 Å². The van der Waals surface area contributed by atoms with E-state index in [0.29, 0.717) is 5.75 Å². The highest BCUT2D eigenvalue weighted by Gasteiger charge is 2.14. The van der Waals surface area contributed by atoms with Gasteiger partial charge in [0.25, 0.3) is 0 Å². The normalized spacial score (nSPS) is 10.8. The van der Waals surface area contributed by atoms with Crippen LogP contribution < -0.4 is 10.1 Å². The number of aromatic nitrogens is 4. The molecule has 0 aliphatic carbocycles. The zero-order valence-corrected chi connectivity index (χ0v) is 10.9. The van der Waals surface area contributed by atoms with Crippen LogP contribution in [0.2, 0.25) is 0 Å². The molecule has 1 aromatic heterocycles. The number of nitriles is 1. The molecule has 2 aromatic rings. The van der Waals surface area contributed by atoms with Gasteiger partial charge in [-0.1, -0.05) is 6.07 Å². The summed E-state index contributed by atoms with van der Waals surface area (Å²) in [6, 6.07) is 6.46. The number of allylic oxidation sites excluding steroid dienone is 1. The van der Waals surface area contributed by atoms with Gasteiger partial charge in [0.05, 0.1) is 18.4 Å². The molecule has 0 aliphatic heterocycles. The second-order valence-corrected chi connectivity index (χ2v) is 3.74. The zero-order valence-electron chi connectivity index (χ0n) is 10.9. The Bertz CT molecular complexity index is 717. The van der Waals surface area contributed by atoms with Gasteiger partial charge in [-0.2, -0.15) is 10.5 Å². The van der Waals surface area contributed by atoms with Crippen LogP contribution in [-0.4, -0.2) is 38.8 Å². The number of anilines is 1. The number of aromatic amines is 1. The summed E-state index contributed by atoms with van der Waals surface area (Å²) in [6.45, 7) is 0. The highest BCUT2D eigenvalue weighted by Crippen LogP contribution is 2.28. The lowest BCUT2D eigenvalue weighted by atomic mass is 10.1. The molecular formula is C12H10N6O3. The lowest BCUT2D eigenvalue weighted by molar-refractivity contribution is 0.0697. The number of ether oxygens (including phenoxy) is 1. The van der Waals surface area contributed by atoms with Crippen molar-refractivity contribution in [2.75, 3.05) is 12.4 Å². The number of carboxylic acids is 1. The smallest absolute Gasteiger partial charge is 0.337 e. The molecule has 1 aromatic carbocycles. The average Bonchev–Trinajstić information content (AvgIpc) is 3.01. The van der Waals surface area contributed by atoms with Gasteiger partial charge in [-0.15, -0.1) is 10.2 Å². The first-order chi connectivity index (χ1) is 10.2. The number of rotatable bonds is 5. The van der Waals surface area contributed by atoms with Gasteiger partial charge < -0.3 is 15.2 Å². The molecule has 0 bridgehead atoms. The average molecular weight is 286 g/mol. The minimum absolute atomic E-state index is 0.0102. The number of aromatic carboxylic acids is 1.